The highest BCUT2D eigenvalue weighted by Crippen LogP contribution is 2.20. The molecule has 0 aliphatic carbocycles. The van der Waals surface area contributed by atoms with Gasteiger partial charge in [-0.2, -0.15) is 5.10 Å². The molecule has 5 heteroatoms. The van der Waals surface area contributed by atoms with E-state index in [0.717, 1.165) is 24.3 Å². The van der Waals surface area contributed by atoms with Gasteiger partial charge in [0.2, 0.25) is 0 Å². The van der Waals surface area contributed by atoms with E-state index < -0.39 is 0 Å². The number of aryl methyl sites for hydroxylation is 1. The van der Waals surface area contributed by atoms with Gasteiger partial charge in [0, 0.05) is 39.0 Å². The zero-order chi connectivity index (χ0) is 14.5. The average molecular weight is 273 g/mol. The summed E-state index contributed by atoms with van der Waals surface area (Å²) in [5.74, 6) is -0.312. The monoisotopic (exact) mass is 273 g/mol. The van der Waals surface area contributed by atoms with Crippen molar-refractivity contribution in [1.82, 2.24) is 9.78 Å². The van der Waals surface area contributed by atoms with Crippen molar-refractivity contribution in [3.63, 3.8) is 0 Å². The van der Waals surface area contributed by atoms with E-state index in [9.17, 15) is 4.79 Å². The lowest BCUT2D eigenvalue weighted by Gasteiger charge is -2.21. The Morgan fingerprint density at radius 2 is 2.10 bits per heavy atom. The van der Waals surface area contributed by atoms with Crippen LogP contribution in [0.3, 0.4) is 0 Å². The maximum absolute atomic E-state index is 11.8. The largest absolute Gasteiger partial charge is 0.465 e. The molecular weight excluding hydrogens is 254 g/mol. The van der Waals surface area contributed by atoms with Crippen LogP contribution < -0.4 is 4.90 Å². The number of rotatable bonds is 5. The lowest BCUT2D eigenvalue weighted by molar-refractivity contribution is 0.0601. The number of benzene rings is 1. The summed E-state index contributed by atoms with van der Waals surface area (Å²) < 4.78 is 6.68. The number of para-hydroxylation sites is 1. The Morgan fingerprint density at radius 3 is 2.75 bits per heavy atom. The number of likely N-dealkylation sites (N-methyl/N-ethyl adjacent to an activating group) is 1. The van der Waals surface area contributed by atoms with Crippen LogP contribution >= 0.6 is 0 Å². The van der Waals surface area contributed by atoms with E-state index in [1.54, 1.807) is 12.3 Å². The first-order chi connectivity index (χ1) is 9.63. The molecule has 1 aromatic heterocycles. The molecule has 0 radical (unpaired) electrons. The van der Waals surface area contributed by atoms with Crippen LogP contribution in [0.5, 0.6) is 0 Å². The van der Waals surface area contributed by atoms with Crippen molar-refractivity contribution in [3.8, 4) is 0 Å². The van der Waals surface area contributed by atoms with Crippen molar-refractivity contribution < 1.29 is 9.53 Å². The number of methoxy groups -OCH3 is 1. The molecule has 0 aliphatic heterocycles. The second-order valence-electron chi connectivity index (χ2n) is 4.63. The summed E-state index contributed by atoms with van der Waals surface area (Å²) in [7, 11) is 5.30. The third-order valence-electron chi connectivity index (χ3n) is 3.35. The summed E-state index contributed by atoms with van der Waals surface area (Å²) >= 11 is 0. The van der Waals surface area contributed by atoms with Gasteiger partial charge < -0.3 is 9.64 Å². The molecule has 0 amide bonds. The van der Waals surface area contributed by atoms with Gasteiger partial charge >= 0.3 is 5.97 Å². The van der Waals surface area contributed by atoms with Crippen molar-refractivity contribution in [1.29, 1.82) is 0 Å². The number of aromatic nitrogens is 2. The topological polar surface area (TPSA) is 47.4 Å². The van der Waals surface area contributed by atoms with Crippen LogP contribution in [0.4, 0.5) is 5.69 Å². The fraction of sp³-hybridized carbons (Fsp3) is 0.333. The second kappa shape index (κ2) is 6.23. The predicted molar refractivity (Wildman–Crippen MR) is 78.0 cm³/mol. The van der Waals surface area contributed by atoms with Crippen molar-refractivity contribution in [2.75, 3.05) is 25.6 Å². The normalized spacial score (nSPS) is 10.3. The van der Waals surface area contributed by atoms with E-state index >= 15 is 0 Å². The average Bonchev–Trinajstić information content (AvgIpc) is 2.89. The summed E-state index contributed by atoms with van der Waals surface area (Å²) in [5, 5.41) is 4.15. The molecule has 0 atom stereocenters. The van der Waals surface area contributed by atoms with Crippen LogP contribution in [0.25, 0.3) is 0 Å². The molecule has 1 heterocycles. The number of esters is 1. The first-order valence-corrected chi connectivity index (χ1v) is 6.49. The number of ether oxygens (including phenoxy) is 1. The molecule has 0 aliphatic rings. The van der Waals surface area contributed by atoms with Gasteiger partial charge in [0.05, 0.1) is 18.4 Å². The number of hydrogen-bond donors (Lipinski definition) is 0. The minimum atomic E-state index is -0.312. The van der Waals surface area contributed by atoms with Crippen molar-refractivity contribution in [2.45, 2.75) is 6.42 Å². The Kier molecular flexibility index (Phi) is 4.40. The number of hydrogen-bond acceptors (Lipinski definition) is 4. The molecule has 20 heavy (non-hydrogen) atoms. The van der Waals surface area contributed by atoms with Crippen LogP contribution in [0.15, 0.2) is 36.5 Å². The molecule has 5 nitrogen and oxygen atoms in total. The van der Waals surface area contributed by atoms with Crippen LogP contribution in [0, 0.1) is 0 Å². The van der Waals surface area contributed by atoms with Gasteiger partial charge in [0.15, 0.2) is 0 Å². The predicted octanol–water partition coefficient (Wildman–Crippen LogP) is 1.89. The summed E-state index contributed by atoms with van der Waals surface area (Å²) in [4.78, 5) is 13.8. The summed E-state index contributed by atoms with van der Waals surface area (Å²) in [6.07, 6.45) is 2.65. The van der Waals surface area contributed by atoms with E-state index in [-0.39, 0.29) is 5.97 Å². The standard InChI is InChI=1S/C15H19N3O2/c1-17(11-9-12-8-10-16-18(12)2)14-7-5-4-6-13(14)15(19)20-3/h4-8,10H,9,11H2,1-3H3. The van der Waals surface area contributed by atoms with Crippen LogP contribution in [-0.4, -0.2) is 36.5 Å². The van der Waals surface area contributed by atoms with Crippen LogP contribution in [-0.2, 0) is 18.2 Å². The molecule has 106 valence electrons. The van der Waals surface area contributed by atoms with Gasteiger partial charge in [0.1, 0.15) is 0 Å². The minimum Gasteiger partial charge on any atom is -0.465 e. The third kappa shape index (κ3) is 2.99. The fourth-order valence-corrected chi connectivity index (χ4v) is 2.14. The fourth-order valence-electron chi connectivity index (χ4n) is 2.14. The van der Waals surface area contributed by atoms with E-state index in [0.29, 0.717) is 5.56 Å². The molecule has 0 bridgehead atoms. The van der Waals surface area contributed by atoms with Gasteiger partial charge in [-0.3, -0.25) is 4.68 Å². The van der Waals surface area contributed by atoms with Crippen molar-refractivity contribution in [3.05, 3.63) is 47.8 Å². The van der Waals surface area contributed by atoms with Crippen LogP contribution in [0.2, 0.25) is 0 Å². The molecule has 0 fully saturated rings. The summed E-state index contributed by atoms with van der Waals surface area (Å²) in [6.45, 7) is 0.799. The van der Waals surface area contributed by atoms with Gasteiger partial charge in [-0.25, -0.2) is 4.79 Å². The Balaban J connectivity index is 2.11. The molecule has 1 aromatic carbocycles. The van der Waals surface area contributed by atoms with Gasteiger partial charge in [-0.15, -0.1) is 0 Å². The highest BCUT2D eigenvalue weighted by molar-refractivity contribution is 5.95. The van der Waals surface area contributed by atoms with E-state index in [2.05, 4.69) is 10.00 Å². The first kappa shape index (κ1) is 14.1. The molecule has 0 unspecified atom stereocenters. The molecule has 0 saturated carbocycles. The second-order valence-corrected chi connectivity index (χ2v) is 4.63. The molecule has 2 rings (SSSR count). The smallest absolute Gasteiger partial charge is 0.339 e. The third-order valence-corrected chi connectivity index (χ3v) is 3.35. The summed E-state index contributed by atoms with van der Waals surface area (Å²) in [6, 6.07) is 9.46. The quantitative estimate of drug-likeness (QED) is 0.780. The number of carbonyl (C=O) groups excluding carboxylic acids is 1. The number of carbonyl (C=O) groups is 1. The van der Waals surface area contributed by atoms with Gasteiger partial charge in [-0.1, -0.05) is 12.1 Å². The highest BCUT2D eigenvalue weighted by atomic mass is 16.5. The zero-order valence-corrected chi connectivity index (χ0v) is 12.0. The van der Waals surface area contributed by atoms with Gasteiger partial charge in [-0.05, 0) is 18.2 Å². The molecular formula is C15H19N3O2. The lowest BCUT2D eigenvalue weighted by Crippen LogP contribution is -2.23. The van der Waals surface area contributed by atoms with Crippen molar-refractivity contribution >= 4 is 11.7 Å². The lowest BCUT2D eigenvalue weighted by atomic mass is 10.1. The Labute approximate surface area is 118 Å². The minimum absolute atomic E-state index is 0.312. The number of nitrogens with zero attached hydrogens (tertiary/aromatic N) is 3. The maximum Gasteiger partial charge on any atom is 0.339 e. The molecule has 0 saturated heterocycles. The van der Waals surface area contributed by atoms with Gasteiger partial charge in [0.25, 0.3) is 0 Å². The Bertz CT molecular complexity index is 592. The Hall–Kier alpha value is -2.30. The first-order valence-electron chi connectivity index (χ1n) is 6.49. The summed E-state index contributed by atoms with van der Waals surface area (Å²) in [5.41, 5.74) is 2.62. The maximum atomic E-state index is 11.8. The number of anilines is 1. The van der Waals surface area contributed by atoms with E-state index in [1.807, 2.05) is 43.0 Å². The molecule has 2 aromatic rings. The van der Waals surface area contributed by atoms with E-state index in [1.165, 1.54) is 7.11 Å². The SMILES string of the molecule is COC(=O)c1ccccc1N(C)CCc1ccnn1C. The van der Waals surface area contributed by atoms with E-state index in [4.69, 9.17) is 4.74 Å². The molecule has 0 N–H and O–H groups in total. The molecule has 0 spiro atoms. The highest BCUT2D eigenvalue weighted by Gasteiger charge is 2.14. The van der Waals surface area contributed by atoms with Crippen molar-refractivity contribution in [2.24, 2.45) is 7.05 Å². The Morgan fingerprint density at radius 1 is 1.35 bits per heavy atom. The zero-order valence-electron chi connectivity index (χ0n) is 12.0. The van der Waals surface area contributed by atoms with Crippen LogP contribution in [0.1, 0.15) is 16.1 Å².